The van der Waals surface area contributed by atoms with E-state index in [9.17, 15) is 0 Å². The summed E-state index contributed by atoms with van der Waals surface area (Å²) in [6.07, 6.45) is 8.27. The van der Waals surface area contributed by atoms with Gasteiger partial charge in [0.15, 0.2) is 0 Å². The molecule has 0 saturated heterocycles. The van der Waals surface area contributed by atoms with E-state index in [0.29, 0.717) is 0 Å². The van der Waals surface area contributed by atoms with Crippen LogP contribution in [-0.4, -0.2) is 6.54 Å². The summed E-state index contributed by atoms with van der Waals surface area (Å²) in [6, 6.07) is 10.4. The van der Waals surface area contributed by atoms with Crippen molar-refractivity contribution >= 4 is 11.0 Å². The van der Waals surface area contributed by atoms with Gasteiger partial charge < -0.3 is 9.73 Å². The van der Waals surface area contributed by atoms with Crippen LogP contribution in [0.4, 0.5) is 0 Å². The molecule has 2 aromatic rings. The maximum atomic E-state index is 5.81. The summed E-state index contributed by atoms with van der Waals surface area (Å²) in [5, 5.41) is 4.62. The quantitative estimate of drug-likeness (QED) is 0.613. The molecule has 18 heavy (non-hydrogen) atoms. The summed E-state index contributed by atoms with van der Waals surface area (Å²) in [5.41, 5.74) is 0.952. The minimum absolute atomic E-state index is 0.239. The van der Waals surface area contributed by atoms with Crippen LogP contribution in [0.5, 0.6) is 0 Å². The van der Waals surface area contributed by atoms with Gasteiger partial charge in [-0.15, -0.1) is 12.3 Å². The third-order valence-corrected chi connectivity index (χ3v) is 3.07. The van der Waals surface area contributed by atoms with Crippen LogP contribution in [0.25, 0.3) is 11.0 Å². The van der Waals surface area contributed by atoms with Crippen molar-refractivity contribution in [2.75, 3.05) is 6.54 Å². The molecule has 0 amide bonds. The molecule has 0 aliphatic rings. The Morgan fingerprint density at radius 3 is 2.94 bits per heavy atom. The number of nitrogens with one attached hydrogen (secondary N) is 1. The van der Waals surface area contributed by atoms with Gasteiger partial charge in [-0.3, -0.25) is 0 Å². The van der Waals surface area contributed by atoms with Crippen LogP contribution in [0.15, 0.2) is 34.7 Å². The number of hydrogen-bond acceptors (Lipinski definition) is 2. The first-order valence-electron chi connectivity index (χ1n) is 6.46. The average molecular weight is 241 g/mol. The van der Waals surface area contributed by atoms with Crippen LogP contribution in [0.1, 0.15) is 38.0 Å². The molecule has 2 nitrogen and oxygen atoms in total. The van der Waals surface area contributed by atoms with Gasteiger partial charge in [0.25, 0.3) is 0 Å². The van der Waals surface area contributed by atoms with Gasteiger partial charge in [0, 0.05) is 11.8 Å². The topological polar surface area (TPSA) is 25.2 Å². The molecule has 2 heteroatoms. The predicted octanol–water partition coefficient (Wildman–Crippen LogP) is 3.89. The summed E-state index contributed by atoms with van der Waals surface area (Å²) in [4.78, 5) is 0. The molecule has 0 bridgehead atoms. The molecule has 0 fully saturated rings. The molecular weight excluding hydrogens is 222 g/mol. The first-order chi connectivity index (χ1) is 8.81. The number of terminal acetylenes is 1. The van der Waals surface area contributed by atoms with Gasteiger partial charge in [-0.2, -0.15) is 0 Å². The number of hydrogen-bond donors (Lipinski definition) is 1. The highest BCUT2D eigenvalue weighted by molar-refractivity contribution is 5.77. The van der Waals surface area contributed by atoms with Gasteiger partial charge in [0.1, 0.15) is 11.3 Å². The van der Waals surface area contributed by atoms with E-state index in [2.05, 4.69) is 30.3 Å². The Labute approximate surface area is 108 Å². The Morgan fingerprint density at radius 2 is 2.17 bits per heavy atom. The average Bonchev–Trinajstić information content (AvgIpc) is 2.82. The molecule has 1 aromatic carbocycles. The molecule has 0 aliphatic heterocycles. The summed E-state index contributed by atoms with van der Waals surface area (Å²) in [7, 11) is 0. The van der Waals surface area contributed by atoms with E-state index in [-0.39, 0.29) is 6.04 Å². The van der Waals surface area contributed by atoms with Crippen molar-refractivity contribution in [1.29, 1.82) is 0 Å². The molecule has 94 valence electrons. The molecule has 2 rings (SSSR count). The minimum Gasteiger partial charge on any atom is -0.459 e. The fraction of sp³-hybridized carbons (Fsp3) is 0.375. The highest BCUT2D eigenvalue weighted by Gasteiger charge is 2.10. The predicted molar refractivity (Wildman–Crippen MR) is 75.3 cm³/mol. The van der Waals surface area contributed by atoms with E-state index in [1.54, 1.807) is 0 Å². The summed E-state index contributed by atoms with van der Waals surface area (Å²) in [6.45, 7) is 3.10. The normalized spacial score (nSPS) is 12.4. The first-order valence-corrected chi connectivity index (χ1v) is 6.46. The Hall–Kier alpha value is -1.72. The van der Waals surface area contributed by atoms with Crippen LogP contribution < -0.4 is 5.32 Å². The Kier molecular flexibility index (Phi) is 4.44. The van der Waals surface area contributed by atoms with Gasteiger partial charge in [-0.25, -0.2) is 0 Å². The number of fused-ring (bicyclic) bond motifs is 1. The van der Waals surface area contributed by atoms with Crippen molar-refractivity contribution < 1.29 is 4.42 Å². The zero-order valence-corrected chi connectivity index (χ0v) is 10.8. The first kappa shape index (κ1) is 12.7. The molecule has 1 heterocycles. The Bertz CT molecular complexity index is 502. The maximum absolute atomic E-state index is 5.81. The lowest BCUT2D eigenvalue weighted by molar-refractivity contribution is 0.447. The minimum atomic E-state index is 0.239. The number of unbranched alkanes of at least 4 members (excludes halogenated alkanes) is 2. The van der Waals surface area contributed by atoms with Crippen molar-refractivity contribution in [3.63, 3.8) is 0 Å². The fourth-order valence-electron chi connectivity index (χ4n) is 1.99. The lowest BCUT2D eigenvalue weighted by atomic mass is 10.2. The van der Waals surface area contributed by atoms with Crippen molar-refractivity contribution in [3.8, 4) is 12.3 Å². The molecule has 1 aromatic heterocycles. The van der Waals surface area contributed by atoms with E-state index < -0.39 is 0 Å². The van der Waals surface area contributed by atoms with Crippen LogP contribution in [-0.2, 0) is 0 Å². The highest BCUT2D eigenvalue weighted by Crippen LogP contribution is 2.23. The van der Waals surface area contributed by atoms with Crippen LogP contribution in [0, 0.1) is 12.3 Å². The zero-order valence-electron chi connectivity index (χ0n) is 10.8. The van der Waals surface area contributed by atoms with Crippen molar-refractivity contribution in [2.24, 2.45) is 0 Å². The van der Waals surface area contributed by atoms with Gasteiger partial charge in [-0.1, -0.05) is 18.2 Å². The van der Waals surface area contributed by atoms with Crippen molar-refractivity contribution in [3.05, 3.63) is 36.1 Å². The van der Waals surface area contributed by atoms with Gasteiger partial charge >= 0.3 is 0 Å². The second kappa shape index (κ2) is 6.28. The van der Waals surface area contributed by atoms with E-state index >= 15 is 0 Å². The van der Waals surface area contributed by atoms with Gasteiger partial charge in [0.2, 0.25) is 0 Å². The fourth-order valence-corrected chi connectivity index (χ4v) is 1.99. The molecule has 0 saturated carbocycles. The van der Waals surface area contributed by atoms with E-state index in [4.69, 9.17) is 10.8 Å². The van der Waals surface area contributed by atoms with E-state index in [1.165, 1.54) is 0 Å². The summed E-state index contributed by atoms with van der Waals surface area (Å²) >= 11 is 0. The highest BCUT2D eigenvalue weighted by atomic mass is 16.3. The number of para-hydroxylation sites is 1. The summed E-state index contributed by atoms with van der Waals surface area (Å²) in [5.74, 6) is 3.65. The summed E-state index contributed by atoms with van der Waals surface area (Å²) < 4.78 is 5.81. The second-order valence-electron chi connectivity index (χ2n) is 4.52. The Morgan fingerprint density at radius 1 is 1.33 bits per heavy atom. The third-order valence-electron chi connectivity index (χ3n) is 3.07. The van der Waals surface area contributed by atoms with Crippen LogP contribution in [0.2, 0.25) is 0 Å². The molecule has 0 radical (unpaired) electrons. The number of rotatable bonds is 6. The van der Waals surface area contributed by atoms with Gasteiger partial charge in [0.05, 0.1) is 6.04 Å². The lowest BCUT2D eigenvalue weighted by Gasteiger charge is -2.10. The largest absolute Gasteiger partial charge is 0.459 e. The molecule has 1 unspecified atom stereocenters. The lowest BCUT2D eigenvalue weighted by Crippen LogP contribution is -2.19. The zero-order chi connectivity index (χ0) is 12.8. The molecule has 0 spiro atoms. The SMILES string of the molecule is C#CCCCCNC(C)c1cc2ccccc2o1. The van der Waals surface area contributed by atoms with E-state index in [0.717, 1.165) is 42.5 Å². The molecule has 1 atom stereocenters. The molecular formula is C16H19NO. The molecule has 0 aliphatic carbocycles. The number of benzene rings is 1. The standard InChI is InChI=1S/C16H19NO/c1-3-4-5-8-11-17-13(2)16-12-14-9-6-7-10-15(14)18-16/h1,6-7,9-10,12-13,17H,4-5,8,11H2,2H3. The molecule has 1 N–H and O–H groups in total. The van der Waals surface area contributed by atoms with Gasteiger partial charge in [-0.05, 0) is 38.4 Å². The Balaban J connectivity index is 1.88. The smallest absolute Gasteiger partial charge is 0.134 e. The van der Waals surface area contributed by atoms with Crippen molar-refractivity contribution in [2.45, 2.75) is 32.2 Å². The second-order valence-corrected chi connectivity index (χ2v) is 4.52. The van der Waals surface area contributed by atoms with Crippen LogP contribution in [0.3, 0.4) is 0 Å². The van der Waals surface area contributed by atoms with Crippen molar-refractivity contribution in [1.82, 2.24) is 5.32 Å². The van der Waals surface area contributed by atoms with E-state index in [1.807, 2.05) is 18.2 Å². The third kappa shape index (κ3) is 3.15. The monoisotopic (exact) mass is 241 g/mol. The number of furan rings is 1. The maximum Gasteiger partial charge on any atom is 0.134 e. The van der Waals surface area contributed by atoms with Crippen LogP contribution >= 0.6 is 0 Å².